The minimum atomic E-state index is -0.602. The highest BCUT2D eigenvalue weighted by Gasteiger charge is 2.17. The van der Waals surface area contributed by atoms with E-state index in [1.165, 1.54) is 0 Å². The van der Waals surface area contributed by atoms with Crippen LogP contribution in [0, 0.1) is 0 Å². The number of pyridine rings is 1. The largest absolute Gasteiger partial charge is 0.387 e. The van der Waals surface area contributed by atoms with Gasteiger partial charge in [-0.3, -0.25) is 4.98 Å². The molecule has 0 radical (unpaired) electrons. The van der Waals surface area contributed by atoms with Crippen molar-refractivity contribution >= 4 is 0 Å². The third-order valence-corrected chi connectivity index (χ3v) is 4.39. The highest BCUT2D eigenvalue weighted by molar-refractivity contribution is 5.78. The van der Waals surface area contributed by atoms with Gasteiger partial charge >= 0.3 is 0 Å². The van der Waals surface area contributed by atoms with Crippen molar-refractivity contribution in [2.45, 2.75) is 12.6 Å². The molecule has 0 aliphatic heterocycles. The maximum atomic E-state index is 10.7. The Morgan fingerprint density at radius 2 is 1.46 bits per heavy atom. The number of aliphatic hydroxyl groups excluding tert-OH is 1. The van der Waals surface area contributed by atoms with E-state index >= 15 is 0 Å². The minimum Gasteiger partial charge on any atom is -0.387 e. The lowest BCUT2D eigenvalue weighted by Crippen LogP contribution is -2.09. The van der Waals surface area contributed by atoms with Gasteiger partial charge < -0.3 is 9.67 Å². The molecular formula is C22H19N3O. The Kier molecular flexibility index (Phi) is 4.58. The molecule has 2 aromatic heterocycles. The fraction of sp³-hybridized carbons (Fsp3) is 0.0909. The highest BCUT2D eigenvalue weighted by atomic mass is 16.3. The zero-order valence-electron chi connectivity index (χ0n) is 14.2. The molecule has 1 unspecified atom stereocenters. The number of hydrogen-bond acceptors (Lipinski definition) is 3. The molecule has 0 aliphatic rings. The van der Waals surface area contributed by atoms with Gasteiger partial charge in [0, 0.05) is 23.5 Å². The monoisotopic (exact) mass is 341 g/mol. The number of aliphatic hydroxyl groups is 1. The van der Waals surface area contributed by atoms with Crippen molar-refractivity contribution in [3.8, 4) is 22.5 Å². The second kappa shape index (κ2) is 7.33. The van der Waals surface area contributed by atoms with E-state index in [9.17, 15) is 5.11 Å². The first-order valence-electron chi connectivity index (χ1n) is 8.57. The van der Waals surface area contributed by atoms with Crippen LogP contribution in [-0.4, -0.2) is 19.6 Å². The SMILES string of the molecule is OC(Cn1cnc(-c2ccccc2)c1-c1ccncc1)c1ccccc1. The van der Waals surface area contributed by atoms with E-state index in [-0.39, 0.29) is 0 Å². The third kappa shape index (κ3) is 3.27. The van der Waals surface area contributed by atoms with Crippen LogP contribution in [-0.2, 0) is 6.54 Å². The summed E-state index contributed by atoms with van der Waals surface area (Å²) in [7, 11) is 0. The number of nitrogens with zero attached hydrogens (tertiary/aromatic N) is 3. The fourth-order valence-corrected chi connectivity index (χ4v) is 3.11. The molecule has 4 nitrogen and oxygen atoms in total. The molecular weight excluding hydrogens is 322 g/mol. The minimum absolute atomic E-state index is 0.432. The Hall–Kier alpha value is -3.24. The van der Waals surface area contributed by atoms with E-state index in [1.807, 2.05) is 77.4 Å². The highest BCUT2D eigenvalue weighted by Crippen LogP contribution is 2.32. The lowest BCUT2D eigenvalue weighted by Gasteiger charge is -2.15. The number of aromatic nitrogens is 3. The topological polar surface area (TPSA) is 50.9 Å². The number of imidazole rings is 1. The van der Waals surface area contributed by atoms with E-state index < -0.39 is 6.10 Å². The first-order valence-corrected chi connectivity index (χ1v) is 8.57. The van der Waals surface area contributed by atoms with E-state index in [4.69, 9.17) is 0 Å². The quantitative estimate of drug-likeness (QED) is 0.587. The Labute approximate surface area is 152 Å². The van der Waals surface area contributed by atoms with Crippen molar-refractivity contribution in [1.29, 1.82) is 0 Å². The molecule has 2 aromatic carbocycles. The Bertz CT molecular complexity index is 966. The smallest absolute Gasteiger partial charge is 0.0969 e. The molecule has 4 aromatic rings. The van der Waals surface area contributed by atoms with Gasteiger partial charge in [0.25, 0.3) is 0 Å². The van der Waals surface area contributed by atoms with Gasteiger partial charge in [-0.25, -0.2) is 4.98 Å². The molecule has 1 atom stereocenters. The molecule has 0 saturated carbocycles. The van der Waals surface area contributed by atoms with Crippen LogP contribution in [0.25, 0.3) is 22.5 Å². The van der Waals surface area contributed by atoms with E-state index in [2.05, 4.69) is 9.97 Å². The van der Waals surface area contributed by atoms with Gasteiger partial charge in [0.15, 0.2) is 0 Å². The normalized spacial score (nSPS) is 12.0. The maximum absolute atomic E-state index is 10.7. The van der Waals surface area contributed by atoms with Crippen LogP contribution in [0.5, 0.6) is 0 Å². The van der Waals surface area contributed by atoms with Crippen molar-refractivity contribution in [2.24, 2.45) is 0 Å². The molecule has 4 rings (SSSR count). The fourth-order valence-electron chi connectivity index (χ4n) is 3.11. The number of benzene rings is 2. The lowest BCUT2D eigenvalue weighted by atomic mass is 10.0. The first-order chi connectivity index (χ1) is 12.8. The van der Waals surface area contributed by atoms with Crippen LogP contribution in [0.1, 0.15) is 11.7 Å². The molecule has 128 valence electrons. The van der Waals surface area contributed by atoms with Crippen LogP contribution in [0.2, 0.25) is 0 Å². The summed E-state index contributed by atoms with van der Waals surface area (Å²) in [5.74, 6) is 0. The first kappa shape index (κ1) is 16.2. The summed E-state index contributed by atoms with van der Waals surface area (Å²) >= 11 is 0. The average molecular weight is 341 g/mol. The summed E-state index contributed by atoms with van der Waals surface area (Å²) in [5.41, 5.74) is 4.85. The van der Waals surface area contributed by atoms with Crippen LogP contribution in [0.3, 0.4) is 0 Å². The molecule has 0 amide bonds. The Morgan fingerprint density at radius 1 is 0.808 bits per heavy atom. The summed E-state index contributed by atoms with van der Waals surface area (Å²) < 4.78 is 2.01. The molecule has 0 bridgehead atoms. The van der Waals surface area contributed by atoms with Crippen molar-refractivity contribution in [2.75, 3.05) is 0 Å². The van der Waals surface area contributed by atoms with E-state index in [0.717, 1.165) is 28.1 Å². The zero-order chi connectivity index (χ0) is 17.8. The average Bonchev–Trinajstić information content (AvgIpc) is 3.13. The third-order valence-electron chi connectivity index (χ3n) is 4.39. The van der Waals surface area contributed by atoms with Crippen molar-refractivity contribution in [1.82, 2.24) is 14.5 Å². The summed E-state index contributed by atoms with van der Waals surface area (Å²) in [6, 6.07) is 23.7. The second-order valence-corrected chi connectivity index (χ2v) is 6.12. The Balaban J connectivity index is 1.77. The van der Waals surface area contributed by atoms with Crippen LogP contribution in [0.4, 0.5) is 0 Å². The predicted octanol–water partition coefficient (Wildman–Crippen LogP) is 4.35. The van der Waals surface area contributed by atoms with Gasteiger partial charge in [-0.2, -0.15) is 0 Å². The molecule has 0 saturated heterocycles. The summed E-state index contributed by atoms with van der Waals surface area (Å²) in [4.78, 5) is 8.76. The number of rotatable bonds is 5. The maximum Gasteiger partial charge on any atom is 0.0969 e. The summed E-state index contributed by atoms with van der Waals surface area (Å²) in [6.45, 7) is 0.432. The molecule has 0 fully saturated rings. The molecule has 2 heterocycles. The van der Waals surface area contributed by atoms with E-state index in [1.54, 1.807) is 18.7 Å². The van der Waals surface area contributed by atoms with Gasteiger partial charge in [0.1, 0.15) is 0 Å². The van der Waals surface area contributed by atoms with Crippen LogP contribution in [0.15, 0.2) is 91.5 Å². The standard InChI is InChI=1S/C22H19N3O/c26-20(17-7-3-1-4-8-17)15-25-16-24-21(18-9-5-2-6-10-18)22(25)19-11-13-23-14-12-19/h1-14,16,20,26H,15H2. The second-order valence-electron chi connectivity index (χ2n) is 6.12. The Morgan fingerprint density at radius 3 is 2.15 bits per heavy atom. The molecule has 0 aliphatic carbocycles. The summed E-state index contributed by atoms with van der Waals surface area (Å²) in [5, 5.41) is 10.7. The molecule has 1 N–H and O–H groups in total. The van der Waals surface area contributed by atoms with Crippen molar-refractivity contribution < 1.29 is 5.11 Å². The number of hydrogen-bond donors (Lipinski definition) is 1. The zero-order valence-corrected chi connectivity index (χ0v) is 14.2. The van der Waals surface area contributed by atoms with Crippen molar-refractivity contribution in [3.63, 3.8) is 0 Å². The van der Waals surface area contributed by atoms with Crippen LogP contribution >= 0.6 is 0 Å². The predicted molar refractivity (Wildman–Crippen MR) is 102 cm³/mol. The van der Waals surface area contributed by atoms with E-state index in [0.29, 0.717) is 6.54 Å². The van der Waals surface area contributed by atoms with Gasteiger partial charge in [-0.15, -0.1) is 0 Å². The lowest BCUT2D eigenvalue weighted by molar-refractivity contribution is 0.157. The molecule has 0 spiro atoms. The molecule has 26 heavy (non-hydrogen) atoms. The van der Waals surface area contributed by atoms with Gasteiger partial charge in [0.2, 0.25) is 0 Å². The summed E-state index contributed by atoms with van der Waals surface area (Å²) in [6.07, 6.45) is 4.74. The van der Waals surface area contributed by atoms with Gasteiger partial charge in [0.05, 0.1) is 30.4 Å². The van der Waals surface area contributed by atoms with Crippen LogP contribution < -0.4 is 0 Å². The van der Waals surface area contributed by atoms with Gasteiger partial charge in [-0.05, 0) is 17.7 Å². The molecule has 4 heteroatoms. The van der Waals surface area contributed by atoms with Gasteiger partial charge in [-0.1, -0.05) is 60.7 Å². The van der Waals surface area contributed by atoms with Crippen molar-refractivity contribution in [3.05, 3.63) is 97.1 Å².